The summed E-state index contributed by atoms with van der Waals surface area (Å²) in [6.45, 7) is -0.113. The predicted molar refractivity (Wildman–Crippen MR) is 91.8 cm³/mol. The first-order chi connectivity index (χ1) is 12.0. The van der Waals surface area contributed by atoms with Crippen LogP contribution in [0.15, 0.2) is 47.4 Å². The highest BCUT2D eigenvalue weighted by atomic mass is 35.5. The molecule has 25 heavy (non-hydrogen) atoms. The number of ether oxygens (including phenoxy) is 1. The van der Waals surface area contributed by atoms with Crippen molar-refractivity contribution in [1.29, 1.82) is 0 Å². The molecule has 132 valence electrons. The largest absolute Gasteiger partial charge is 0.452 e. The lowest BCUT2D eigenvalue weighted by Gasteiger charge is -2.07. The van der Waals surface area contributed by atoms with Crippen molar-refractivity contribution in [2.75, 3.05) is 18.9 Å². The van der Waals surface area contributed by atoms with Crippen LogP contribution in [0.2, 0.25) is 5.02 Å². The number of carbonyl (C=O) groups is 2. The molecule has 8 heteroatoms. The summed E-state index contributed by atoms with van der Waals surface area (Å²) < 4.78 is 30.6. The molecular formula is C17H14ClF2NO3S. The van der Waals surface area contributed by atoms with Crippen molar-refractivity contribution < 1.29 is 23.1 Å². The van der Waals surface area contributed by atoms with E-state index in [9.17, 15) is 18.4 Å². The van der Waals surface area contributed by atoms with Crippen LogP contribution in [0.3, 0.4) is 0 Å². The van der Waals surface area contributed by atoms with Crippen molar-refractivity contribution in [2.24, 2.45) is 0 Å². The third-order valence-electron chi connectivity index (χ3n) is 3.00. The second-order valence-electron chi connectivity index (χ2n) is 4.86. The van der Waals surface area contributed by atoms with Gasteiger partial charge in [0.25, 0.3) is 5.91 Å². The van der Waals surface area contributed by atoms with Gasteiger partial charge in [-0.2, -0.15) is 0 Å². The van der Waals surface area contributed by atoms with Gasteiger partial charge in [0, 0.05) is 22.2 Å². The third kappa shape index (κ3) is 6.36. The maximum absolute atomic E-state index is 13.0. The van der Waals surface area contributed by atoms with Gasteiger partial charge in [0.1, 0.15) is 0 Å². The molecular weight excluding hydrogens is 372 g/mol. The van der Waals surface area contributed by atoms with Crippen LogP contribution in [0.25, 0.3) is 0 Å². The van der Waals surface area contributed by atoms with E-state index in [-0.39, 0.29) is 5.56 Å². The Morgan fingerprint density at radius 2 is 1.80 bits per heavy atom. The van der Waals surface area contributed by atoms with Crippen LogP contribution in [0, 0.1) is 11.6 Å². The summed E-state index contributed by atoms with van der Waals surface area (Å²) >= 11 is 7.33. The van der Waals surface area contributed by atoms with Crippen molar-refractivity contribution in [3.63, 3.8) is 0 Å². The second-order valence-corrected chi connectivity index (χ2v) is 6.46. The first kappa shape index (κ1) is 19.2. The van der Waals surface area contributed by atoms with Gasteiger partial charge in [0.15, 0.2) is 18.2 Å². The van der Waals surface area contributed by atoms with Crippen LogP contribution in [0.1, 0.15) is 10.4 Å². The lowest BCUT2D eigenvalue weighted by Crippen LogP contribution is -2.30. The van der Waals surface area contributed by atoms with Crippen molar-refractivity contribution in [3.8, 4) is 0 Å². The number of benzene rings is 2. The molecule has 0 atom stereocenters. The molecule has 0 radical (unpaired) electrons. The zero-order valence-electron chi connectivity index (χ0n) is 12.9. The summed E-state index contributed by atoms with van der Waals surface area (Å²) in [7, 11) is 0. The molecule has 1 N–H and O–H groups in total. The van der Waals surface area contributed by atoms with Gasteiger partial charge in [-0.15, -0.1) is 11.8 Å². The van der Waals surface area contributed by atoms with Gasteiger partial charge >= 0.3 is 5.97 Å². The lowest BCUT2D eigenvalue weighted by molar-refractivity contribution is -0.124. The molecule has 4 nitrogen and oxygen atoms in total. The normalized spacial score (nSPS) is 10.4. The molecule has 0 aliphatic carbocycles. The number of hydrogen-bond donors (Lipinski definition) is 1. The van der Waals surface area contributed by atoms with Crippen molar-refractivity contribution in [2.45, 2.75) is 4.90 Å². The minimum atomic E-state index is -1.15. The van der Waals surface area contributed by atoms with Crippen LogP contribution >= 0.6 is 23.4 Å². The zero-order chi connectivity index (χ0) is 18.2. The van der Waals surface area contributed by atoms with Crippen LogP contribution in [-0.4, -0.2) is 30.8 Å². The molecule has 0 heterocycles. The van der Waals surface area contributed by atoms with Gasteiger partial charge in [0.05, 0.1) is 5.56 Å². The maximum atomic E-state index is 13.0. The van der Waals surface area contributed by atoms with Crippen molar-refractivity contribution >= 4 is 35.2 Å². The topological polar surface area (TPSA) is 55.4 Å². The van der Waals surface area contributed by atoms with Crippen LogP contribution in [0.4, 0.5) is 8.78 Å². The fraction of sp³-hybridized carbons (Fsp3) is 0.176. The first-order valence-electron chi connectivity index (χ1n) is 7.23. The average molecular weight is 386 g/mol. The van der Waals surface area contributed by atoms with E-state index in [4.69, 9.17) is 16.3 Å². The van der Waals surface area contributed by atoms with E-state index in [0.717, 1.165) is 23.1 Å². The Kier molecular flexibility index (Phi) is 7.21. The quantitative estimate of drug-likeness (QED) is 0.449. The number of thioether (sulfide) groups is 1. The second kappa shape index (κ2) is 9.39. The van der Waals surface area contributed by atoms with E-state index in [1.165, 1.54) is 11.8 Å². The van der Waals surface area contributed by atoms with E-state index in [2.05, 4.69) is 5.32 Å². The Labute approximate surface area is 152 Å². The Morgan fingerprint density at radius 1 is 1.08 bits per heavy atom. The summed E-state index contributed by atoms with van der Waals surface area (Å²) in [6, 6.07) is 9.93. The number of esters is 1. The summed E-state index contributed by atoms with van der Waals surface area (Å²) in [5.74, 6) is -2.97. The molecule has 2 aromatic rings. The number of amides is 1. The van der Waals surface area contributed by atoms with Gasteiger partial charge in [-0.3, -0.25) is 4.79 Å². The highest BCUT2D eigenvalue weighted by molar-refractivity contribution is 7.99. The van der Waals surface area contributed by atoms with E-state index < -0.39 is 30.1 Å². The average Bonchev–Trinajstić information content (AvgIpc) is 2.60. The number of halogens is 3. The van der Waals surface area contributed by atoms with Crippen LogP contribution in [-0.2, 0) is 9.53 Å². The third-order valence-corrected chi connectivity index (χ3v) is 4.26. The van der Waals surface area contributed by atoms with E-state index in [0.29, 0.717) is 17.3 Å². The van der Waals surface area contributed by atoms with Gasteiger partial charge in [0.2, 0.25) is 0 Å². The molecule has 2 rings (SSSR count). The number of rotatable bonds is 7. The molecule has 0 saturated heterocycles. The van der Waals surface area contributed by atoms with Crippen LogP contribution in [0.5, 0.6) is 0 Å². The molecule has 0 bridgehead atoms. The highest BCUT2D eigenvalue weighted by Crippen LogP contribution is 2.19. The minimum absolute atomic E-state index is 0.162. The lowest BCUT2D eigenvalue weighted by atomic mass is 10.2. The molecule has 2 aromatic carbocycles. The fourth-order valence-corrected chi connectivity index (χ4v) is 2.67. The molecule has 0 aromatic heterocycles. The van der Waals surface area contributed by atoms with Gasteiger partial charge in [-0.25, -0.2) is 13.6 Å². The molecule has 0 saturated carbocycles. The SMILES string of the molecule is O=C(COC(=O)c1ccc(F)c(F)c1)NCCSc1ccc(Cl)cc1. The summed E-state index contributed by atoms with van der Waals surface area (Å²) in [6.07, 6.45) is 0. The van der Waals surface area contributed by atoms with Crippen LogP contribution < -0.4 is 5.32 Å². The Balaban J connectivity index is 1.67. The Morgan fingerprint density at radius 3 is 2.48 bits per heavy atom. The summed E-state index contributed by atoms with van der Waals surface area (Å²) in [5, 5.41) is 3.25. The zero-order valence-corrected chi connectivity index (χ0v) is 14.5. The summed E-state index contributed by atoms with van der Waals surface area (Å²) in [4.78, 5) is 24.3. The fourth-order valence-electron chi connectivity index (χ4n) is 1.78. The molecule has 0 aliphatic heterocycles. The molecule has 0 fully saturated rings. The molecule has 1 amide bonds. The molecule has 0 spiro atoms. The number of carbonyl (C=O) groups excluding carboxylic acids is 2. The van der Waals surface area contributed by atoms with Gasteiger partial charge in [-0.05, 0) is 42.5 Å². The molecule has 0 aliphatic rings. The van der Waals surface area contributed by atoms with Gasteiger partial charge < -0.3 is 10.1 Å². The van der Waals surface area contributed by atoms with Gasteiger partial charge in [-0.1, -0.05) is 11.6 Å². The highest BCUT2D eigenvalue weighted by Gasteiger charge is 2.12. The molecule has 0 unspecified atom stereocenters. The number of hydrogen-bond acceptors (Lipinski definition) is 4. The summed E-state index contributed by atoms with van der Waals surface area (Å²) in [5.41, 5.74) is -0.162. The smallest absolute Gasteiger partial charge is 0.338 e. The van der Waals surface area contributed by atoms with E-state index in [1.807, 2.05) is 12.1 Å². The maximum Gasteiger partial charge on any atom is 0.338 e. The monoisotopic (exact) mass is 385 g/mol. The van der Waals surface area contributed by atoms with E-state index >= 15 is 0 Å². The Bertz CT molecular complexity index is 756. The minimum Gasteiger partial charge on any atom is -0.452 e. The van der Waals surface area contributed by atoms with Crippen molar-refractivity contribution in [1.82, 2.24) is 5.32 Å². The Hall–Kier alpha value is -2.12. The number of nitrogens with one attached hydrogen (secondary N) is 1. The standard InChI is InChI=1S/C17H14ClF2NO3S/c18-12-2-4-13(5-3-12)25-8-7-21-16(22)10-24-17(23)11-1-6-14(19)15(20)9-11/h1-6,9H,7-8,10H2,(H,21,22). The van der Waals surface area contributed by atoms with E-state index in [1.54, 1.807) is 12.1 Å². The van der Waals surface area contributed by atoms with Crippen molar-refractivity contribution in [3.05, 3.63) is 64.7 Å². The first-order valence-corrected chi connectivity index (χ1v) is 8.59. The predicted octanol–water partition coefficient (Wildman–Crippen LogP) is 3.68.